The molecule has 1 amide bonds. The minimum absolute atomic E-state index is 0.278. The van der Waals surface area contributed by atoms with E-state index in [4.69, 9.17) is 0 Å². The molecule has 3 rings (SSSR count). The highest BCUT2D eigenvalue weighted by molar-refractivity contribution is 6.00. The van der Waals surface area contributed by atoms with E-state index < -0.39 is 5.91 Å². The Bertz CT molecular complexity index is 911. The summed E-state index contributed by atoms with van der Waals surface area (Å²) in [7, 11) is 0. The predicted octanol–water partition coefficient (Wildman–Crippen LogP) is 3.68. The summed E-state index contributed by atoms with van der Waals surface area (Å²) in [6, 6.07) is 15.4. The highest BCUT2D eigenvalue weighted by Gasteiger charge is 2.11. The maximum atomic E-state index is 13.0. The average Bonchev–Trinajstić information content (AvgIpc) is 3.11. The zero-order valence-electron chi connectivity index (χ0n) is 13.9. The number of benzene rings is 2. The minimum atomic E-state index is -0.396. The first-order chi connectivity index (χ1) is 12.0. The van der Waals surface area contributed by atoms with Crippen LogP contribution >= 0.6 is 0 Å². The monoisotopic (exact) mass is 336 g/mol. The first-order valence-electron chi connectivity index (χ1n) is 7.76. The van der Waals surface area contributed by atoms with Crippen LogP contribution in [0, 0.1) is 12.7 Å². The van der Waals surface area contributed by atoms with Gasteiger partial charge in [0.25, 0.3) is 5.91 Å². The molecule has 0 aliphatic carbocycles. The third-order valence-electron chi connectivity index (χ3n) is 3.76. The molecule has 0 spiro atoms. The van der Waals surface area contributed by atoms with Gasteiger partial charge in [0.05, 0.1) is 11.4 Å². The van der Waals surface area contributed by atoms with E-state index in [9.17, 15) is 9.18 Å². The fourth-order valence-electron chi connectivity index (χ4n) is 2.26. The van der Waals surface area contributed by atoms with Crippen molar-refractivity contribution < 1.29 is 9.18 Å². The number of carbonyl (C=O) groups excluding carboxylic acids is 1. The lowest BCUT2D eigenvalue weighted by atomic mass is 10.1. The lowest BCUT2D eigenvalue weighted by molar-refractivity contribution is 0.0950. The van der Waals surface area contributed by atoms with E-state index in [-0.39, 0.29) is 11.5 Å². The molecule has 0 aliphatic heterocycles. The summed E-state index contributed by atoms with van der Waals surface area (Å²) in [4.78, 5) is 12.2. The van der Waals surface area contributed by atoms with Crippen LogP contribution in [0.3, 0.4) is 0 Å². The van der Waals surface area contributed by atoms with Crippen molar-refractivity contribution in [2.24, 2.45) is 5.10 Å². The van der Waals surface area contributed by atoms with E-state index in [2.05, 4.69) is 20.7 Å². The molecule has 3 aromatic rings. The zero-order valence-corrected chi connectivity index (χ0v) is 13.9. The van der Waals surface area contributed by atoms with Crippen molar-refractivity contribution >= 4 is 11.6 Å². The van der Waals surface area contributed by atoms with Gasteiger partial charge >= 0.3 is 0 Å². The summed E-state index contributed by atoms with van der Waals surface area (Å²) < 4.78 is 13.0. The second-order valence-electron chi connectivity index (χ2n) is 5.68. The van der Waals surface area contributed by atoms with Crippen molar-refractivity contribution in [3.63, 3.8) is 0 Å². The normalized spacial score (nSPS) is 11.4. The molecule has 6 heteroatoms. The number of nitrogens with zero attached hydrogens (tertiary/aromatic N) is 2. The quantitative estimate of drug-likeness (QED) is 0.564. The average molecular weight is 336 g/mol. The first kappa shape index (κ1) is 16.6. The van der Waals surface area contributed by atoms with Crippen LogP contribution in [0.4, 0.5) is 4.39 Å². The number of aromatic amines is 1. The van der Waals surface area contributed by atoms with Gasteiger partial charge in [0.1, 0.15) is 11.5 Å². The summed E-state index contributed by atoms with van der Waals surface area (Å²) in [6.45, 7) is 3.83. The summed E-state index contributed by atoms with van der Waals surface area (Å²) in [6.07, 6.45) is 0. The molecule has 0 unspecified atom stereocenters. The van der Waals surface area contributed by atoms with Crippen LogP contribution in [0.25, 0.3) is 11.3 Å². The molecule has 0 atom stereocenters. The minimum Gasteiger partial charge on any atom is -0.272 e. The molecule has 5 nitrogen and oxygen atoms in total. The van der Waals surface area contributed by atoms with Gasteiger partial charge in [-0.05, 0) is 49.7 Å². The molecule has 2 aromatic carbocycles. The molecule has 126 valence electrons. The molecule has 0 saturated heterocycles. The Morgan fingerprint density at radius 2 is 1.80 bits per heavy atom. The third kappa shape index (κ3) is 3.98. The van der Waals surface area contributed by atoms with E-state index in [0.717, 1.165) is 16.7 Å². The van der Waals surface area contributed by atoms with Gasteiger partial charge in [0.15, 0.2) is 0 Å². The number of H-pyrrole nitrogens is 1. The van der Waals surface area contributed by atoms with E-state index in [0.29, 0.717) is 11.4 Å². The summed E-state index contributed by atoms with van der Waals surface area (Å²) >= 11 is 0. The van der Waals surface area contributed by atoms with E-state index in [1.165, 1.54) is 12.1 Å². The number of nitrogens with one attached hydrogen (secondary N) is 2. The summed E-state index contributed by atoms with van der Waals surface area (Å²) in [5.41, 5.74) is 6.85. The zero-order chi connectivity index (χ0) is 17.8. The Morgan fingerprint density at radius 3 is 2.48 bits per heavy atom. The van der Waals surface area contributed by atoms with Crippen LogP contribution in [0.2, 0.25) is 0 Å². The van der Waals surface area contributed by atoms with Crippen LogP contribution in [-0.4, -0.2) is 21.8 Å². The highest BCUT2D eigenvalue weighted by Crippen LogP contribution is 2.18. The van der Waals surface area contributed by atoms with Crippen molar-refractivity contribution in [1.29, 1.82) is 0 Å². The highest BCUT2D eigenvalue weighted by atomic mass is 19.1. The molecule has 0 aliphatic rings. The second kappa shape index (κ2) is 7.09. The van der Waals surface area contributed by atoms with E-state index >= 15 is 0 Å². The Labute approximate surface area is 144 Å². The lowest BCUT2D eigenvalue weighted by Gasteiger charge is -2.02. The summed E-state index contributed by atoms with van der Waals surface area (Å²) in [5, 5.41) is 10.9. The number of aromatic nitrogens is 2. The summed E-state index contributed by atoms with van der Waals surface area (Å²) in [5.74, 6) is -0.717. The number of hydrazone groups is 1. The molecule has 2 N–H and O–H groups in total. The van der Waals surface area contributed by atoms with Crippen LogP contribution in [0.5, 0.6) is 0 Å². The van der Waals surface area contributed by atoms with E-state index in [1.807, 2.05) is 38.1 Å². The van der Waals surface area contributed by atoms with Gasteiger partial charge < -0.3 is 0 Å². The maximum absolute atomic E-state index is 13.0. The van der Waals surface area contributed by atoms with Gasteiger partial charge in [-0.15, -0.1) is 0 Å². The Kier molecular flexibility index (Phi) is 4.70. The van der Waals surface area contributed by atoms with Crippen molar-refractivity contribution in [2.45, 2.75) is 13.8 Å². The number of carbonyl (C=O) groups is 1. The lowest BCUT2D eigenvalue weighted by Crippen LogP contribution is -2.19. The van der Waals surface area contributed by atoms with E-state index in [1.54, 1.807) is 18.2 Å². The third-order valence-corrected chi connectivity index (χ3v) is 3.76. The van der Waals surface area contributed by atoms with Crippen molar-refractivity contribution in [2.75, 3.05) is 0 Å². The molecule has 0 fully saturated rings. The fraction of sp³-hybridized carbons (Fsp3) is 0.105. The Hall–Kier alpha value is -3.28. The SMILES string of the molecule is CC(=NNC(=O)c1cc(-c2ccc(F)cc2)n[nH]1)c1ccc(C)cc1. The van der Waals surface area contributed by atoms with Gasteiger partial charge in [0.2, 0.25) is 0 Å². The van der Waals surface area contributed by atoms with Crippen LogP contribution < -0.4 is 5.43 Å². The fourth-order valence-corrected chi connectivity index (χ4v) is 2.26. The number of hydrogen-bond acceptors (Lipinski definition) is 3. The molecule has 1 heterocycles. The van der Waals surface area contributed by atoms with Gasteiger partial charge in [-0.3, -0.25) is 9.89 Å². The molecule has 1 aromatic heterocycles. The topological polar surface area (TPSA) is 70.1 Å². The van der Waals surface area contributed by atoms with Crippen LogP contribution in [0.1, 0.15) is 28.5 Å². The number of hydrogen-bond donors (Lipinski definition) is 2. The number of rotatable bonds is 4. The van der Waals surface area contributed by atoms with Crippen molar-refractivity contribution in [1.82, 2.24) is 15.6 Å². The van der Waals surface area contributed by atoms with Crippen molar-refractivity contribution in [3.8, 4) is 11.3 Å². The first-order valence-corrected chi connectivity index (χ1v) is 7.76. The molecule has 0 radical (unpaired) electrons. The van der Waals surface area contributed by atoms with Crippen molar-refractivity contribution in [3.05, 3.63) is 77.2 Å². The number of halogens is 1. The number of amides is 1. The molecule has 25 heavy (non-hydrogen) atoms. The van der Waals surface area contributed by atoms with Gasteiger partial charge in [-0.2, -0.15) is 10.2 Å². The van der Waals surface area contributed by atoms with Gasteiger partial charge in [-0.25, -0.2) is 9.82 Å². The molecular formula is C19H17FN4O. The van der Waals surface area contributed by atoms with Gasteiger partial charge in [-0.1, -0.05) is 29.8 Å². The van der Waals surface area contributed by atoms with Gasteiger partial charge in [0, 0.05) is 5.56 Å². The van der Waals surface area contributed by atoms with Crippen LogP contribution in [0.15, 0.2) is 59.7 Å². The number of aryl methyl sites for hydroxylation is 1. The smallest absolute Gasteiger partial charge is 0.272 e. The molecular weight excluding hydrogens is 319 g/mol. The predicted molar refractivity (Wildman–Crippen MR) is 94.8 cm³/mol. The van der Waals surface area contributed by atoms with Crippen LogP contribution in [-0.2, 0) is 0 Å². The molecule has 0 bridgehead atoms. The molecule has 0 saturated carbocycles. The largest absolute Gasteiger partial charge is 0.289 e. The Balaban J connectivity index is 1.70. The maximum Gasteiger partial charge on any atom is 0.289 e. The Morgan fingerprint density at radius 1 is 1.12 bits per heavy atom. The standard InChI is InChI=1S/C19H17FN4O/c1-12-3-5-14(6-4-12)13(2)21-24-19(25)18-11-17(22-23-18)15-7-9-16(20)10-8-15/h3-11H,1-2H3,(H,22,23)(H,24,25). The second-order valence-corrected chi connectivity index (χ2v) is 5.68.